The molecule has 6 heteroatoms. The molecule has 1 heterocycles. The molecule has 106 valence electrons. The molecule has 0 aliphatic heterocycles. The van der Waals surface area contributed by atoms with Gasteiger partial charge in [-0.1, -0.05) is 12.1 Å². The number of aromatic carboxylic acids is 1. The van der Waals surface area contributed by atoms with Crippen LogP contribution in [0.2, 0.25) is 0 Å². The molecule has 0 bridgehead atoms. The summed E-state index contributed by atoms with van der Waals surface area (Å²) >= 11 is 0. The molecule has 1 fully saturated rings. The van der Waals surface area contributed by atoms with Gasteiger partial charge < -0.3 is 5.11 Å². The van der Waals surface area contributed by atoms with Gasteiger partial charge in [0.15, 0.2) is 0 Å². The number of pyridine rings is 1. The highest BCUT2D eigenvalue weighted by molar-refractivity contribution is 5.90. The number of rotatable bonds is 4. The van der Waals surface area contributed by atoms with Crippen molar-refractivity contribution in [3.05, 3.63) is 57.8 Å². The van der Waals surface area contributed by atoms with E-state index in [1.54, 1.807) is 18.2 Å². The number of carbonyl (C=O) groups is 1. The summed E-state index contributed by atoms with van der Waals surface area (Å²) in [6.07, 6.45) is 1.82. The lowest BCUT2D eigenvalue weighted by molar-refractivity contribution is -0.384. The topological polar surface area (TPSA) is 93.3 Å². The minimum atomic E-state index is -1.02. The zero-order valence-corrected chi connectivity index (χ0v) is 11.0. The molecule has 0 spiro atoms. The lowest BCUT2D eigenvalue weighted by Gasteiger charge is -2.08. The van der Waals surface area contributed by atoms with E-state index in [-0.39, 0.29) is 17.2 Å². The highest BCUT2D eigenvalue weighted by atomic mass is 16.6. The largest absolute Gasteiger partial charge is 0.478 e. The number of benzene rings is 1. The number of aromatic nitrogens is 1. The van der Waals surface area contributed by atoms with Crippen molar-refractivity contribution in [1.82, 2.24) is 4.98 Å². The van der Waals surface area contributed by atoms with Crippen molar-refractivity contribution in [1.29, 1.82) is 0 Å². The van der Waals surface area contributed by atoms with E-state index in [0.717, 1.165) is 12.8 Å². The summed E-state index contributed by atoms with van der Waals surface area (Å²) < 4.78 is 0. The van der Waals surface area contributed by atoms with Gasteiger partial charge in [-0.15, -0.1) is 0 Å². The van der Waals surface area contributed by atoms with Gasteiger partial charge in [0.1, 0.15) is 0 Å². The maximum Gasteiger partial charge on any atom is 0.337 e. The number of carboxylic acids is 1. The van der Waals surface area contributed by atoms with Crippen molar-refractivity contribution in [2.75, 3.05) is 0 Å². The lowest BCUT2D eigenvalue weighted by atomic mass is 10.0. The summed E-state index contributed by atoms with van der Waals surface area (Å²) in [6, 6.07) is 9.34. The molecular formula is C15H12N2O4. The molecule has 1 aliphatic rings. The highest BCUT2D eigenvalue weighted by Gasteiger charge is 2.30. The molecule has 0 atom stereocenters. The normalized spacial score (nSPS) is 13.9. The van der Waals surface area contributed by atoms with Crippen molar-refractivity contribution < 1.29 is 14.8 Å². The minimum Gasteiger partial charge on any atom is -0.478 e. The van der Waals surface area contributed by atoms with Crippen LogP contribution in [0.3, 0.4) is 0 Å². The second-order valence-corrected chi connectivity index (χ2v) is 4.98. The summed E-state index contributed by atoms with van der Waals surface area (Å²) in [7, 11) is 0. The molecule has 1 N–H and O–H groups in total. The van der Waals surface area contributed by atoms with E-state index in [1.807, 2.05) is 0 Å². The van der Waals surface area contributed by atoms with Gasteiger partial charge in [0, 0.05) is 12.0 Å². The van der Waals surface area contributed by atoms with Gasteiger partial charge in [-0.3, -0.25) is 15.1 Å². The molecule has 1 aromatic heterocycles. The number of hydrogen-bond acceptors (Lipinski definition) is 4. The molecule has 21 heavy (non-hydrogen) atoms. The van der Waals surface area contributed by atoms with Crippen LogP contribution in [0.15, 0.2) is 36.4 Å². The standard InChI is InChI=1S/C15H12N2O4/c18-15(19)11-7-8-12(16-14(11)9-5-6-9)10-3-1-2-4-13(10)17(20)21/h1-4,7-9H,5-6H2,(H,18,19). The Bertz CT molecular complexity index is 738. The van der Waals surface area contributed by atoms with Crippen LogP contribution in [-0.4, -0.2) is 21.0 Å². The first-order chi connectivity index (χ1) is 10.1. The average molecular weight is 284 g/mol. The molecule has 0 amide bonds. The molecule has 3 rings (SSSR count). The molecular weight excluding hydrogens is 272 g/mol. The first-order valence-corrected chi connectivity index (χ1v) is 6.56. The maximum absolute atomic E-state index is 11.2. The minimum absolute atomic E-state index is 0.0326. The molecule has 0 saturated heterocycles. The number of carboxylic acid groups (broad SMARTS) is 1. The van der Waals surface area contributed by atoms with Gasteiger partial charge in [0.25, 0.3) is 5.69 Å². The number of nitro groups is 1. The van der Waals surface area contributed by atoms with Crippen LogP contribution in [0, 0.1) is 10.1 Å². The van der Waals surface area contributed by atoms with E-state index in [1.165, 1.54) is 18.2 Å². The van der Waals surface area contributed by atoms with Gasteiger partial charge in [0.2, 0.25) is 0 Å². The third-order valence-corrected chi connectivity index (χ3v) is 3.50. The fraction of sp³-hybridized carbons (Fsp3) is 0.200. The maximum atomic E-state index is 11.2. The van der Waals surface area contributed by atoms with E-state index < -0.39 is 10.9 Å². The van der Waals surface area contributed by atoms with Crippen molar-refractivity contribution in [3.63, 3.8) is 0 Å². The van der Waals surface area contributed by atoms with Crippen LogP contribution in [-0.2, 0) is 0 Å². The zero-order valence-electron chi connectivity index (χ0n) is 11.0. The average Bonchev–Trinajstić information content (AvgIpc) is 3.31. The van der Waals surface area contributed by atoms with E-state index in [4.69, 9.17) is 0 Å². The van der Waals surface area contributed by atoms with Crippen molar-refractivity contribution >= 4 is 11.7 Å². The van der Waals surface area contributed by atoms with Gasteiger partial charge in [0.05, 0.1) is 27.4 Å². The first-order valence-electron chi connectivity index (χ1n) is 6.56. The molecule has 1 aliphatic carbocycles. The van der Waals surface area contributed by atoms with Crippen LogP contribution < -0.4 is 0 Å². The van der Waals surface area contributed by atoms with Crippen molar-refractivity contribution in [3.8, 4) is 11.3 Å². The Morgan fingerprint density at radius 2 is 1.95 bits per heavy atom. The number of nitrogens with zero attached hydrogens (tertiary/aromatic N) is 2. The Morgan fingerprint density at radius 1 is 1.24 bits per heavy atom. The third kappa shape index (κ3) is 2.47. The summed E-state index contributed by atoms with van der Waals surface area (Å²) in [5.41, 5.74) is 1.52. The van der Waals surface area contributed by atoms with Crippen LogP contribution in [0.1, 0.15) is 34.8 Å². The van der Waals surface area contributed by atoms with E-state index >= 15 is 0 Å². The third-order valence-electron chi connectivity index (χ3n) is 3.50. The summed E-state index contributed by atoms with van der Waals surface area (Å²) in [5, 5.41) is 20.3. The van der Waals surface area contributed by atoms with Crippen LogP contribution in [0.5, 0.6) is 0 Å². The molecule has 0 unspecified atom stereocenters. The van der Waals surface area contributed by atoms with E-state index in [0.29, 0.717) is 17.0 Å². The smallest absolute Gasteiger partial charge is 0.337 e. The molecule has 6 nitrogen and oxygen atoms in total. The number of hydrogen-bond donors (Lipinski definition) is 1. The molecule has 2 aromatic rings. The summed E-state index contributed by atoms with van der Waals surface area (Å²) in [5.74, 6) is -0.864. The van der Waals surface area contributed by atoms with Crippen molar-refractivity contribution in [2.45, 2.75) is 18.8 Å². The Morgan fingerprint density at radius 3 is 2.57 bits per heavy atom. The second-order valence-electron chi connectivity index (χ2n) is 4.98. The van der Waals surface area contributed by atoms with Crippen LogP contribution in [0.25, 0.3) is 11.3 Å². The molecule has 1 saturated carbocycles. The zero-order chi connectivity index (χ0) is 15.0. The first kappa shape index (κ1) is 13.2. The Balaban J connectivity index is 2.14. The van der Waals surface area contributed by atoms with Gasteiger partial charge in [-0.2, -0.15) is 0 Å². The predicted molar refractivity (Wildman–Crippen MR) is 75.3 cm³/mol. The number of para-hydroxylation sites is 1. The van der Waals surface area contributed by atoms with Crippen molar-refractivity contribution in [2.24, 2.45) is 0 Å². The van der Waals surface area contributed by atoms with E-state index in [9.17, 15) is 20.0 Å². The Kier molecular flexibility index (Phi) is 3.13. The Hall–Kier alpha value is -2.76. The highest BCUT2D eigenvalue weighted by Crippen LogP contribution is 2.41. The fourth-order valence-electron chi connectivity index (χ4n) is 2.32. The SMILES string of the molecule is O=C(O)c1ccc(-c2ccccc2[N+](=O)[O-])nc1C1CC1. The van der Waals surface area contributed by atoms with Gasteiger partial charge in [-0.25, -0.2) is 4.79 Å². The van der Waals surface area contributed by atoms with E-state index in [2.05, 4.69) is 4.98 Å². The van der Waals surface area contributed by atoms with Crippen LogP contribution >= 0.6 is 0 Å². The quantitative estimate of drug-likeness (QED) is 0.687. The molecule has 0 radical (unpaired) electrons. The van der Waals surface area contributed by atoms with Gasteiger partial charge in [-0.05, 0) is 31.0 Å². The second kappa shape index (κ2) is 4.97. The monoisotopic (exact) mass is 284 g/mol. The van der Waals surface area contributed by atoms with Crippen LogP contribution in [0.4, 0.5) is 5.69 Å². The Labute approximate surface area is 120 Å². The summed E-state index contributed by atoms with van der Waals surface area (Å²) in [6.45, 7) is 0. The summed E-state index contributed by atoms with van der Waals surface area (Å²) in [4.78, 5) is 26.2. The molecule has 1 aromatic carbocycles. The lowest BCUT2D eigenvalue weighted by Crippen LogP contribution is -2.05. The predicted octanol–water partition coefficient (Wildman–Crippen LogP) is 3.23. The van der Waals surface area contributed by atoms with Gasteiger partial charge >= 0.3 is 5.97 Å². The fourth-order valence-corrected chi connectivity index (χ4v) is 2.32. The number of nitro benzene ring substituents is 1.